The molecule has 0 spiro atoms. The first-order valence-electron chi connectivity index (χ1n) is 8.96. The van der Waals surface area contributed by atoms with Gasteiger partial charge in [0.25, 0.3) is 5.91 Å². The summed E-state index contributed by atoms with van der Waals surface area (Å²) in [7, 11) is -3.70. The van der Waals surface area contributed by atoms with Crippen LogP contribution in [0.4, 0.5) is 0 Å². The summed E-state index contributed by atoms with van der Waals surface area (Å²) in [5.74, 6) is 0.544. The quantitative estimate of drug-likeness (QED) is 0.646. The van der Waals surface area contributed by atoms with Gasteiger partial charge < -0.3 is 10.1 Å². The highest BCUT2D eigenvalue weighted by atomic mass is 35.5. The maximum Gasteiger partial charge on any atom is 0.260 e. The summed E-state index contributed by atoms with van der Waals surface area (Å²) in [6.07, 6.45) is -0.681. The third-order valence-electron chi connectivity index (χ3n) is 3.91. The highest BCUT2D eigenvalue weighted by Crippen LogP contribution is 2.19. The molecule has 2 aromatic rings. The Morgan fingerprint density at radius 2 is 1.71 bits per heavy atom. The van der Waals surface area contributed by atoms with Gasteiger partial charge in [-0.3, -0.25) is 4.79 Å². The molecule has 1 atom stereocenters. The van der Waals surface area contributed by atoms with Crippen molar-refractivity contribution in [1.82, 2.24) is 10.0 Å². The first kappa shape index (κ1) is 22.2. The molecule has 2 aromatic carbocycles. The van der Waals surface area contributed by atoms with Gasteiger partial charge in [0.2, 0.25) is 10.0 Å². The fourth-order valence-electron chi connectivity index (χ4n) is 2.30. The number of amides is 1. The van der Waals surface area contributed by atoms with Crippen LogP contribution in [0, 0.1) is 5.92 Å². The standard InChI is InChI=1S/C20H25ClN2O4S/c1-14(2)12-22-20(24)15(3)27-17-8-10-18(11-9-17)28(25,26)23-13-16-6-4-5-7-19(16)21/h4-11,14-15,23H,12-13H2,1-3H3,(H,22,24)/t15-/m1/s1. The molecule has 0 fully saturated rings. The van der Waals surface area contributed by atoms with Crippen LogP contribution in [0.1, 0.15) is 26.3 Å². The fourth-order valence-corrected chi connectivity index (χ4v) is 3.51. The molecular formula is C20H25ClN2O4S. The molecule has 0 aliphatic carbocycles. The van der Waals surface area contributed by atoms with Gasteiger partial charge in [0, 0.05) is 18.1 Å². The van der Waals surface area contributed by atoms with Gasteiger partial charge in [-0.15, -0.1) is 0 Å². The number of carbonyl (C=O) groups excluding carboxylic acids is 1. The Hall–Kier alpha value is -2.09. The van der Waals surface area contributed by atoms with E-state index >= 15 is 0 Å². The zero-order chi connectivity index (χ0) is 20.7. The molecule has 0 aliphatic heterocycles. The van der Waals surface area contributed by atoms with Gasteiger partial charge in [0.15, 0.2) is 6.10 Å². The molecule has 0 radical (unpaired) electrons. The molecule has 0 aliphatic rings. The number of carbonyl (C=O) groups is 1. The Morgan fingerprint density at radius 3 is 2.32 bits per heavy atom. The molecule has 1 amide bonds. The minimum Gasteiger partial charge on any atom is -0.481 e. The fraction of sp³-hybridized carbons (Fsp3) is 0.350. The second kappa shape index (κ2) is 9.91. The van der Waals surface area contributed by atoms with Gasteiger partial charge in [-0.05, 0) is 48.7 Å². The second-order valence-corrected chi connectivity index (χ2v) is 8.96. The molecule has 2 rings (SSSR count). The first-order chi connectivity index (χ1) is 13.2. The van der Waals surface area contributed by atoms with Crippen LogP contribution in [0.15, 0.2) is 53.4 Å². The predicted octanol–water partition coefficient (Wildman–Crippen LogP) is 3.36. The van der Waals surface area contributed by atoms with E-state index in [1.54, 1.807) is 31.2 Å². The lowest BCUT2D eigenvalue weighted by molar-refractivity contribution is -0.127. The summed E-state index contributed by atoms with van der Waals surface area (Å²) in [5, 5.41) is 3.29. The van der Waals surface area contributed by atoms with E-state index in [1.807, 2.05) is 13.8 Å². The SMILES string of the molecule is CC(C)CNC(=O)[C@@H](C)Oc1ccc(S(=O)(=O)NCc2ccccc2Cl)cc1. The molecule has 0 saturated carbocycles. The average Bonchev–Trinajstić information content (AvgIpc) is 2.65. The van der Waals surface area contributed by atoms with Crippen LogP contribution in [0.25, 0.3) is 0 Å². The third-order valence-corrected chi connectivity index (χ3v) is 5.70. The van der Waals surface area contributed by atoms with Gasteiger partial charge in [-0.25, -0.2) is 13.1 Å². The van der Waals surface area contributed by atoms with Gasteiger partial charge in [-0.2, -0.15) is 0 Å². The van der Waals surface area contributed by atoms with E-state index in [4.69, 9.17) is 16.3 Å². The first-order valence-corrected chi connectivity index (χ1v) is 10.8. The summed E-state index contributed by atoms with van der Waals surface area (Å²) in [6, 6.07) is 12.9. The van der Waals surface area contributed by atoms with Crippen LogP contribution in [0.5, 0.6) is 5.75 Å². The molecule has 0 aromatic heterocycles. The molecular weight excluding hydrogens is 400 g/mol. The maximum absolute atomic E-state index is 12.4. The highest BCUT2D eigenvalue weighted by Gasteiger charge is 2.17. The Balaban J connectivity index is 1.97. The van der Waals surface area contributed by atoms with Crippen molar-refractivity contribution in [2.75, 3.05) is 6.54 Å². The van der Waals surface area contributed by atoms with Crippen molar-refractivity contribution in [3.63, 3.8) is 0 Å². The Kier molecular flexibility index (Phi) is 7.86. The highest BCUT2D eigenvalue weighted by molar-refractivity contribution is 7.89. The van der Waals surface area contributed by atoms with E-state index in [2.05, 4.69) is 10.0 Å². The smallest absolute Gasteiger partial charge is 0.260 e. The van der Waals surface area contributed by atoms with E-state index < -0.39 is 16.1 Å². The third kappa shape index (κ3) is 6.51. The Morgan fingerprint density at radius 1 is 1.07 bits per heavy atom. The number of ether oxygens (including phenoxy) is 1. The summed E-state index contributed by atoms with van der Waals surface area (Å²) in [5.41, 5.74) is 0.689. The summed E-state index contributed by atoms with van der Waals surface area (Å²) in [6.45, 7) is 6.31. The molecule has 6 nitrogen and oxygen atoms in total. The van der Waals surface area contributed by atoms with Gasteiger partial charge in [0.05, 0.1) is 4.90 Å². The van der Waals surface area contributed by atoms with E-state index in [9.17, 15) is 13.2 Å². The van der Waals surface area contributed by atoms with Crippen LogP contribution < -0.4 is 14.8 Å². The number of sulfonamides is 1. The van der Waals surface area contributed by atoms with Crippen molar-refractivity contribution in [3.8, 4) is 5.75 Å². The number of benzene rings is 2. The van der Waals surface area contributed by atoms with E-state index in [0.717, 1.165) is 0 Å². The molecule has 28 heavy (non-hydrogen) atoms. The van der Waals surface area contributed by atoms with Crippen LogP contribution in [-0.4, -0.2) is 27.0 Å². The molecule has 0 bridgehead atoms. The summed E-state index contributed by atoms with van der Waals surface area (Å²) < 4.78 is 33.0. The summed E-state index contributed by atoms with van der Waals surface area (Å²) >= 11 is 6.05. The zero-order valence-electron chi connectivity index (χ0n) is 16.1. The molecule has 2 N–H and O–H groups in total. The minimum absolute atomic E-state index is 0.0906. The normalized spacial score (nSPS) is 12.6. The molecule has 152 valence electrons. The van der Waals surface area contributed by atoms with Crippen molar-refractivity contribution >= 4 is 27.5 Å². The number of nitrogens with one attached hydrogen (secondary N) is 2. The zero-order valence-corrected chi connectivity index (χ0v) is 17.7. The number of halogens is 1. The maximum atomic E-state index is 12.4. The Bertz CT molecular complexity index is 899. The molecule has 8 heteroatoms. The second-order valence-electron chi connectivity index (χ2n) is 6.79. The van der Waals surface area contributed by atoms with Crippen molar-refractivity contribution in [3.05, 3.63) is 59.1 Å². The number of rotatable bonds is 9. The number of hydrogen-bond donors (Lipinski definition) is 2. The molecule has 0 unspecified atom stereocenters. The monoisotopic (exact) mass is 424 g/mol. The lowest BCUT2D eigenvalue weighted by atomic mass is 10.2. The van der Waals surface area contributed by atoms with Crippen LogP contribution in [0.2, 0.25) is 5.02 Å². The topological polar surface area (TPSA) is 84.5 Å². The van der Waals surface area contributed by atoms with Gasteiger partial charge in [0.1, 0.15) is 5.75 Å². The largest absolute Gasteiger partial charge is 0.481 e. The molecule has 0 heterocycles. The van der Waals surface area contributed by atoms with Crippen LogP contribution >= 0.6 is 11.6 Å². The minimum atomic E-state index is -3.70. The van der Waals surface area contributed by atoms with Crippen molar-refractivity contribution in [2.24, 2.45) is 5.92 Å². The van der Waals surface area contributed by atoms with Crippen molar-refractivity contribution in [1.29, 1.82) is 0 Å². The van der Waals surface area contributed by atoms with Gasteiger partial charge >= 0.3 is 0 Å². The van der Waals surface area contributed by atoms with E-state index in [-0.39, 0.29) is 17.3 Å². The van der Waals surface area contributed by atoms with E-state index in [1.165, 1.54) is 24.3 Å². The summed E-state index contributed by atoms with van der Waals surface area (Å²) in [4.78, 5) is 12.1. The van der Waals surface area contributed by atoms with Crippen molar-refractivity contribution < 1.29 is 17.9 Å². The lowest BCUT2D eigenvalue weighted by Crippen LogP contribution is -2.38. The van der Waals surface area contributed by atoms with Crippen LogP contribution in [0.3, 0.4) is 0 Å². The van der Waals surface area contributed by atoms with Gasteiger partial charge in [-0.1, -0.05) is 43.6 Å². The van der Waals surface area contributed by atoms with Crippen molar-refractivity contribution in [2.45, 2.75) is 38.3 Å². The van der Waals surface area contributed by atoms with Crippen LogP contribution in [-0.2, 0) is 21.4 Å². The average molecular weight is 425 g/mol. The number of hydrogen-bond acceptors (Lipinski definition) is 4. The Labute approximate surface area is 171 Å². The molecule has 0 saturated heterocycles. The predicted molar refractivity (Wildman–Crippen MR) is 110 cm³/mol. The lowest BCUT2D eigenvalue weighted by Gasteiger charge is -2.16. The van der Waals surface area contributed by atoms with E-state index in [0.29, 0.717) is 28.8 Å².